The van der Waals surface area contributed by atoms with Crippen LogP contribution in [0.1, 0.15) is 15.2 Å². The van der Waals surface area contributed by atoms with Crippen molar-refractivity contribution < 1.29 is 4.79 Å². The molecular formula is C12H15ClN4OS. The maximum Gasteiger partial charge on any atom is 0.267 e. The van der Waals surface area contributed by atoms with E-state index in [-0.39, 0.29) is 18.3 Å². The van der Waals surface area contributed by atoms with Gasteiger partial charge in [0.1, 0.15) is 4.88 Å². The Morgan fingerprint density at radius 2 is 2.05 bits per heavy atom. The van der Waals surface area contributed by atoms with Gasteiger partial charge in [-0.1, -0.05) is 34.8 Å². The topological polar surface area (TPSA) is 72.1 Å². The van der Waals surface area contributed by atoms with Gasteiger partial charge in [0.2, 0.25) is 0 Å². The smallest absolute Gasteiger partial charge is 0.267 e. The minimum atomic E-state index is -0.0701. The molecule has 0 saturated heterocycles. The molecule has 0 spiro atoms. The fourth-order valence-corrected chi connectivity index (χ4v) is 2.11. The molecule has 0 unspecified atom stereocenters. The van der Waals surface area contributed by atoms with E-state index in [4.69, 9.17) is 5.73 Å². The molecule has 5 nitrogen and oxygen atoms in total. The second-order valence-corrected chi connectivity index (χ2v) is 4.57. The third-order valence-corrected chi connectivity index (χ3v) is 3.13. The van der Waals surface area contributed by atoms with E-state index in [1.54, 1.807) is 4.90 Å². The molecule has 0 fully saturated rings. The molecule has 0 aliphatic carbocycles. The summed E-state index contributed by atoms with van der Waals surface area (Å²) in [6, 6.07) is 9.83. The molecule has 0 bridgehead atoms. The van der Waals surface area contributed by atoms with E-state index in [9.17, 15) is 4.79 Å². The number of hydrogen-bond acceptors (Lipinski definition) is 5. The van der Waals surface area contributed by atoms with Crippen molar-refractivity contribution in [1.29, 1.82) is 0 Å². The fourth-order valence-electron chi connectivity index (χ4n) is 1.63. The molecular weight excluding hydrogens is 284 g/mol. The minimum absolute atomic E-state index is 0. The molecule has 0 atom stereocenters. The normalized spacial score (nSPS) is 9.74. The number of nitrogens with zero attached hydrogens (tertiary/aromatic N) is 3. The second kappa shape index (κ2) is 7.83. The maximum atomic E-state index is 12.2. The lowest BCUT2D eigenvalue weighted by Gasteiger charge is -2.21. The Kier molecular flexibility index (Phi) is 6.41. The van der Waals surface area contributed by atoms with Gasteiger partial charge >= 0.3 is 0 Å². The van der Waals surface area contributed by atoms with Crippen LogP contribution in [-0.2, 0) is 6.54 Å². The Balaban J connectivity index is 0.00000180. The molecule has 0 saturated carbocycles. The lowest BCUT2D eigenvalue weighted by atomic mass is 10.2. The van der Waals surface area contributed by atoms with E-state index in [0.717, 1.165) is 17.1 Å². The number of benzene rings is 1. The van der Waals surface area contributed by atoms with Crippen LogP contribution in [0.15, 0.2) is 36.5 Å². The largest absolute Gasteiger partial charge is 0.332 e. The molecule has 2 aromatic rings. The zero-order valence-electron chi connectivity index (χ0n) is 10.2. The molecule has 1 heterocycles. The summed E-state index contributed by atoms with van der Waals surface area (Å²) in [4.78, 5) is 14.5. The number of aromatic nitrogens is 2. The Labute approximate surface area is 122 Å². The number of amides is 1. The van der Waals surface area contributed by atoms with Crippen LogP contribution in [0.3, 0.4) is 0 Å². The zero-order valence-corrected chi connectivity index (χ0v) is 11.9. The maximum absolute atomic E-state index is 12.2. The van der Waals surface area contributed by atoms with Crippen molar-refractivity contribution in [3.8, 4) is 0 Å². The van der Waals surface area contributed by atoms with E-state index in [0.29, 0.717) is 24.5 Å². The van der Waals surface area contributed by atoms with E-state index in [1.807, 2.05) is 30.3 Å². The lowest BCUT2D eigenvalue weighted by molar-refractivity contribution is 0.0753. The summed E-state index contributed by atoms with van der Waals surface area (Å²) in [5.74, 6) is -0.0701. The summed E-state index contributed by atoms with van der Waals surface area (Å²) >= 11 is 1.10. The van der Waals surface area contributed by atoms with Crippen molar-refractivity contribution in [2.45, 2.75) is 6.54 Å². The van der Waals surface area contributed by atoms with Crippen LogP contribution in [0.4, 0.5) is 0 Å². The average Bonchev–Trinajstić information content (AvgIpc) is 2.92. The van der Waals surface area contributed by atoms with Gasteiger partial charge in [-0.25, -0.2) is 0 Å². The van der Waals surface area contributed by atoms with Gasteiger partial charge in [0, 0.05) is 19.6 Å². The van der Waals surface area contributed by atoms with E-state index in [1.165, 1.54) is 6.20 Å². The van der Waals surface area contributed by atoms with Crippen LogP contribution >= 0.6 is 23.9 Å². The monoisotopic (exact) mass is 298 g/mol. The van der Waals surface area contributed by atoms with Crippen LogP contribution < -0.4 is 5.73 Å². The first kappa shape index (κ1) is 15.6. The molecule has 1 aromatic heterocycles. The summed E-state index contributed by atoms with van der Waals surface area (Å²) in [7, 11) is 0. The van der Waals surface area contributed by atoms with Gasteiger partial charge in [-0.3, -0.25) is 4.79 Å². The highest BCUT2D eigenvalue weighted by Crippen LogP contribution is 2.11. The quantitative estimate of drug-likeness (QED) is 0.909. The Bertz CT molecular complexity index is 492. The first-order valence-electron chi connectivity index (χ1n) is 5.62. The molecule has 0 aliphatic rings. The third-order valence-electron chi connectivity index (χ3n) is 2.47. The molecule has 2 N–H and O–H groups in total. The molecule has 102 valence electrons. The van der Waals surface area contributed by atoms with Gasteiger partial charge in [0.05, 0.1) is 6.20 Å². The van der Waals surface area contributed by atoms with Gasteiger partial charge < -0.3 is 10.6 Å². The summed E-state index contributed by atoms with van der Waals surface area (Å²) in [6.45, 7) is 1.51. The minimum Gasteiger partial charge on any atom is -0.332 e. The molecule has 1 amide bonds. The standard InChI is InChI=1S/C12H14N4OS.ClH/c13-6-7-16(9-10-4-2-1-3-5-10)12(17)11-8-14-15-18-11;/h1-5,8H,6-7,9,13H2;1H. The molecule has 0 aliphatic heterocycles. The fraction of sp³-hybridized carbons (Fsp3) is 0.250. The van der Waals surface area contributed by atoms with Gasteiger partial charge in [-0.2, -0.15) is 0 Å². The Morgan fingerprint density at radius 3 is 2.63 bits per heavy atom. The molecule has 19 heavy (non-hydrogen) atoms. The number of nitrogens with two attached hydrogens (primary N) is 1. The van der Waals surface area contributed by atoms with Crippen LogP contribution in [-0.4, -0.2) is 33.5 Å². The Morgan fingerprint density at radius 1 is 1.32 bits per heavy atom. The number of rotatable bonds is 5. The van der Waals surface area contributed by atoms with Gasteiger partial charge in [0.25, 0.3) is 5.91 Å². The summed E-state index contributed by atoms with van der Waals surface area (Å²) < 4.78 is 3.71. The highest BCUT2D eigenvalue weighted by Gasteiger charge is 2.17. The predicted molar refractivity (Wildman–Crippen MR) is 77.4 cm³/mol. The Hall–Kier alpha value is -1.50. The van der Waals surface area contributed by atoms with Crippen molar-refractivity contribution >= 4 is 29.8 Å². The van der Waals surface area contributed by atoms with Gasteiger partial charge in [0.15, 0.2) is 0 Å². The first-order chi connectivity index (χ1) is 8.81. The number of carbonyl (C=O) groups is 1. The van der Waals surface area contributed by atoms with E-state index in [2.05, 4.69) is 9.59 Å². The third kappa shape index (κ3) is 4.27. The van der Waals surface area contributed by atoms with E-state index < -0.39 is 0 Å². The summed E-state index contributed by atoms with van der Waals surface area (Å²) in [5.41, 5.74) is 6.63. The predicted octanol–water partition coefficient (Wildman–Crippen LogP) is 1.56. The van der Waals surface area contributed by atoms with Crippen molar-refractivity contribution in [2.24, 2.45) is 5.73 Å². The van der Waals surface area contributed by atoms with Crippen molar-refractivity contribution in [2.75, 3.05) is 13.1 Å². The summed E-state index contributed by atoms with van der Waals surface area (Å²) in [5, 5.41) is 3.68. The number of hydrogen-bond donors (Lipinski definition) is 1. The van der Waals surface area contributed by atoms with Crippen LogP contribution in [0, 0.1) is 0 Å². The SMILES string of the molecule is Cl.NCCN(Cc1ccccc1)C(=O)c1cnns1. The first-order valence-corrected chi connectivity index (χ1v) is 6.39. The van der Waals surface area contributed by atoms with Crippen molar-refractivity contribution in [1.82, 2.24) is 14.5 Å². The second-order valence-electron chi connectivity index (χ2n) is 3.78. The van der Waals surface area contributed by atoms with Gasteiger partial charge in [-0.05, 0) is 17.1 Å². The highest BCUT2D eigenvalue weighted by molar-refractivity contribution is 7.07. The number of carbonyl (C=O) groups excluding carboxylic acids is 1. The molecule has 1 aromatic carbocycles. The van der Waals surface area contributed by atoms with Crippen LogP contribution in [0.5, 0.6) is 0 Å². The highest BCUT2D eigenvalue weighted by atomic mass is 35.5. The number of halogens is 1. The lowest BCUT2D eigenvalue weighted by Crippen LogP contribution is -2.34. The summed E-state index contributed by atoms with van der Waals surface area (Å²) in [6.07, 6.45) is 1.49. The zero-order chi connectivity index (χ0) is 12.8. The van der Waals surface area contributed by atoms with Crippen LogP contribution in [0.25, 0.3) is 0 Å². The molecule has 7 heteroatoms. The van der Waals surface area contributed by atoms with Crippen molar-refractivity contribution in [3.63, 3.8) is 0 Å². The average molecular weight is 299 g/mol. The van der Waals surface area contributed by atoms with Crippen molar-refractivity contribution in [3.05, 3.63) is 47.0 Å². The molecule has 0 radical (unpaired) electrons. The van der Waals surface area contributed by atoms with E-state index >= 15 is 0 Å². The van der Waals surface area contributed by atoms with Crippen LogP contribution in [0.2, 0.25) is 0 Å². The molecule has 2 rings (SSSR count). The van der Waals surface area contributed by atoms with Gasteiger partial charge in [-0.15, -0.1) is 17.5 Å².